The molecule has 1 fully saturated rings. The van der Waals surface area contributed by atoms with E-state index in [-0.39, 0.29) is 6.04 Å². The van der Waals surface area contributed by atoms with Gasteiger partial charge in [-0.3, -0.25) is 4.98 Å². The molecule has 0 spiro atoms. The van der Waals surface area contributed by atoms with Crippen molar-refractivity contribution < 1.29 is 0 Å². The molecular formula is C15H19N5. The molecule has 0 saturated carbocycles. The number of rotatable bonds is 2. The van der Waals surface area contributed by atoms with E-state index >= 15 is 0 Å². The summed E-state index contributed by atoms with van der Waals surface area (Å²) in [5.41, 5.74) is 2.76. The van der Waals surface area contributed by atoms with Gasteiger partial charge in [0.1, 0.15) is 5.82 Å². The third kappa shape index (κ3) is 2.84. The van der Waals surface area contributed by atoms with Crippen molar-refractivity contribution in [1.29, 1.82) is 0 Å². The van der Waals surface area contributed by atoms with Crippen molar-refractivity contribution in [2.24, 2.45) is 0 Å². The third-order valence-corrected chi connectivity index (χ3v) is 3.49. The van der Waals surface area contributed by atoms with Crippen molar-refractivity contribution in [1.82, 2.24) is 25.2 Å². The predicted molar refractivity (Wildman–Crippen MR) is 78.2 cm³/mol. The summed E-state index contributed by atoms with van der Waals surface area (Å²) in [7, 11) is 2.13. The minimum Gasteiger partial charge on any atom is -0.305 e. The first-order valence-corrected chi connectivity index (χ1v) is 6.91. The van der Waals surface area contributed by atoms with Crippen LogP contribution in [0, 0.1) is 6.92 Å². The summed E-state index contributed by atoms with van der Waals surface area (Å²) >= 11 is 0. The molecule has 0 radical (unpaired) electrons. The molecule has 3 rings (SSSR count). The quantitative estimate of drug-likeness (QED) is 0.893. The van der Waals surface area contributed by atoms with Gasteiger partial charge in [0.05, 0.1) is 17.4 Å². The topological polar surface area (TPSA) is 53.9 Å². The third-order valence-electron chi connectivity index (χ3n) is 3.49. The maximum Gasteiger partial charge on any atom is 0.147 e. The summed E-state index contributed by atoms with van der Waals surface area (Å²) in [4.78, 5) is 16.0. The van der Waals surface area contributed by atoms with E-state index in [1.165, 1.54) is 0 Å². The molecule has 5 heteroatoms. The van der Waals surface area contributed by atoms with E-state index in [1.807, 2.05) is 31.2 Å². The number of hydrogen-bond donors (Lipinski definition) is 1. The minimum absolute atomic E-state index is 0.191. The van der Waals surface area contributed by atoms with Crippen LogP contribution in [0.5, 0.6) is 0 Å². The zero-order valence-corrected chi connectivity index (χ0v) is 11.9. The van der Waals surface area contributed by atoms with E-state index in [4.69, 9.17) is 4.98 Å². The van der Waals surface area contributed by atoms with Crippen molar-refractivity contribution in [2.45, 2.75) is 13.0 Å². The summed E-state index contributed by atoms with van der Waals surface area (Å²) < 4.78 is 0. The van der Waals surface area contributed by atoms with Crippen LogP contribution in [0.2, 0.25) is 0 Å². The average molecular weight is 269 g/mol. The van der Waals surface area contributed by atoms with Crippen molar-refractivity contribution in [3.63, 3.8) is 0 Å². The fraction of sp³-hybridized carbons (Fsp3) is 0.400. The summed E-state index contributed by atoms with van der Waals surface area (Å²) in [6, 6.07) is 8.04. The van der Waals surface area contributed by atoms with Crippen LogP contribution in [0.3, 0.4) is 0 Å². The Hall–Kier alpha value is -1.85. The number of likely N-dealkylation sites (N-methyl/N-ethyl adjacent to an activating group) is 1. The first-order chi connectivity index (χ1) is 9.72. The molecular weight excluding hydrogens is 250 g/mol. The largest absolute Gasteiger partial charge is 0.305 e. The van der Waals surface area contributed by atoms with Gasteiger partial charge in [-0.25, -0.2) is 9.97 Å². The second-order valence-corrected chi connectivity index (χ2v) is 5.24. The zero-order valence-electron chi connectivity index (χ0n) is 11.9. The molecule has 2 aromatic heterocycles. The molecule has 0 amide bonds. The van der Waals surface area contributed by atoms with Gasteiger partial charge in [0, 0.05) is 31.5 Å². The highest BCUT2D eigenvalue weighted by atomic mass is 15.2. The lowest BCUT2D eigenvalue weighted by atomic mass is 10.1. The summed E-state index contributed by atoms with van der Waals surface area (Å²) in [5.74, 6) is 0.859. The molecule has 20 heavy (non-hydrogen) atoms. The predicted octanol–water partition coefficient (Wildman–Crippen LogP) is 1.42. The van der Waals surface area contributed by atoms with Crippen molar-refractivity contribution in [2.75, 3.05) is 26.7 Å². The number of hydrogen-bond acceptors (Lipinski definition) is 5. The molecule has 0 aromatic carbocycles. The molecule has 3 heterocycles. The molecule has 1 saturated heterocycles. The Morgan fingerprint density at radius 1 is 1.25 bits per heavy atom. The number of nitrogens with zero attached hydrogens (tertiary/aromatic N) is 4. The van der Waals surface area contributed by atoms with Gasteiger partial charge in [0.15, 0.2) is 0 Å². The van der Waals surface area contributed by atoms with E-state index in [0.29, 0.717) is 0 Å². The Labute approximate surface area is 119 Å². The molecule has 1 aliphatic heterocycles. The number of nitrogens with one attached hydrogen (secondary N) is 1. The van der Waals surface area contributed by atoms with Crippen LogP contribution in [0.15, 0.2) is 30.5 Å². The van der Waals surface area contributed by atoms with E-state index in [0.717, 1.165) is 42.5 Å². The Bertz CT molecular complexity index is 584. The van der Waals surface area contributed by atoms with Crippen LogP contribution in [-0.4, -0.2) is 46.5 Å². The fourth-order valence-corrected chi connectivity index (χ4v) is 2.46. The maximum atomic E-state index is 4.70. The van der Waals surface area contributed by atoms with Crippen LogP contribution in [0.4, 0.5) is 0 Å². The molecule has 0 bridgehead atoms. The molecule has 5 nitrogen and oxygen atoms in total. The van der Waals surface area contributed by atoms with Crippen molar-refractivity contribution in [3.8, 4) is 11.4 Å². The van der Waals surface area contributed by atoms with Crippen LogP contribution in [0.1, 0.15) is 17.6 Å². The van der Waals surface area contributed by atoms with E-state index in [1.54, 1.807) is 6.20 Å². The second-order valence-electron chi connectivity index (χ2n) is 5.24. The monoisotopic (exact) mass is 269 g/mol. The van der Waals surface area contributed by atoms with Gasteiger partial charge in [0.25, 0.3) is 0 Å². The van der Waals surface area contributed by atoms with Gasteiger partial charge >= 0.3 is 0 Å². The molecule has 1 unspecified atom stereocenters. The maximum absolute atomic E-state index is 4.70. The van der Waals surface area contributed by atoms with Gasteiger partial charge in [-0.15, -0.1) is 0 Å². The summed E-state index contributed by atoms with van der Waals surface area (Å²) in [6.07, 6.45) is 1.79. The summed E-state index contributed by atoms with van der Waals surface area (Å²) in [5, 5.41) is 3.48. The Kier molecular flexibility index (Phi) is 3.71. The Balaban J connectivity index is 1.94. The van der Waals surface area contributed by atoms with Crippen LogP contribution < -0.4 is 5.32 Å². The molecule has 104 valence electrons. The molecule has 1 atom stereocenters. The smallest absolute Gasteiger partial charge is 0.147 e. The number of piperazine rings is 1. The van der Waals surface area contributed by atoms with Gasteiger partial charge < -0.3 is 10.2 Å². The number of aromatic nitrogens is 3. The van der Waals surface area contributed by atoms with Crippen LogP contribution in [-0.2, 0) is 0 Å². The Morgan fingerprint density at radius 3 is 2.90 bits per heavy atom. The number of aryl methyl sites for hydroxylation is 1. The Morgan fingerprint density at radius 2 is 2.15 bits per heavy atom. The lowest BCUT2D eigenvalue weighted by Gasteiger charge is -2.30. The lowest BCUT2D eigenvalue weighted by molar-refractivity contribution is 0.235. The van der Waals surface area contributed by atoms with E-state index in [9.17, 15) is 0 Å². The normalized spacial score (nSPS) is 20.0. The summed E-state index contributed by atoms with van der Waals surface area (Å²) in [6.45, 7) is 4.97. The second kappa shape index (κ2) is 5.64. The van der Waals surface area contributed by atoms with Crippen molar-refractivity contribution >= 4 is 0 Å². The van der Waals surface area contributed by atoms with Gasteiger partial charge in [-0.05, 0) is 32.2 Å². The minimum atomic E-state index is 0.191. The molecule has 1 aliphatic rings. The molecule has 0 aliphatic carbocycles. The molecule has 1 N–H and O–H groups in total. The highest BCUT2D eigenvalue weighted by Gasteiger charge is 2.21. The zero-order chi connectivity index (χ0) is 13.9. The number of pyridine rings is 1. The van der Waals surface area contributed by atoms with Gasteiger partial charge in [0.2, 0.25) is 0 Å². The lowest BCUT2D eigenvalue weighted by Crippen LogP contribution is -2.44. The van der Waals surface area contributed by atoms with Gasteiger partial charge in [-0.1, -0.05) is 6.07 Å². The van der Waals surface area contributed by atoms with Gasteiger partial charge in [-0.2, -0.15) is 0 Å². The highest BCUT2D eigenvalue weighted by molar-refractivity contribution is 5.53. The van der Waals surface area contributed by atoms with Crippen molar-refractivity contribution in [3.05, 3.63) is 42.0 Å². The first-order valence-electron chi connectivity index (χ1n) is 6.91. The van der Waals surface area contributed by atoms with Crippen LogP contribution >= 0.6 is 0 Å². The fourth-order valence-electron chi connectivity index (χ4n) is 2.46. The van der Waals surface area contributed by atoms with E-state index < -0.39 is 0 Å². The molecule has 2 aromatic rings. The standard InChI is InChI=1S/C15H19N5/c1-11-9-13(12-5-3-4-6-16-12)19-15(18-11)14-10-20(2)8-7-17-14/h3-6,9,14,17H,7-8,10H2,1-2H3. The van der Waals surface area contributed by atoms with E-state index in [2.05, 4.69) is 27.2 Å². The SMILES string of the molecule is Cc1cc(-c2ccccn2)nc(C2CN(C)CCN2)n1. The van der Waals surface area contributed by atoms with Crippen LogP contribution in [0.25, 0.3) is 11.4 Å². The first kappa shape index (κ1) is 13.1. The highest BCUT2D eigenvalue weighted by Crippen LogP contribution is 2.19. The average Bonchev–Trinajstić information content (AvgIpc) is 2.47.